The highest BCUT2D eigenvalue weighted by atomic mass is 32.2. The SMILES string of the molecule is O=C(O)c1ccc(-c2ccccc2)c(S(=O)(=O)c2c(-c3ccccc3)ccc(C(=O)O)c2C(=O)O)c1C(=O)O. The molecule has 10 nitrogen and oxygen atoms in total. The Morgan fingerprint density at radius 2 is 0.795 bits per heavy atom. The molecule has 0 bridgehead atoms. The van der Waals surface area contributed by atoms with E-state index in [0.717, 1.165) is 24.3 Å². The maximum absolute atomic E-state index is 14.5. The van der Waals surface area contributed by atoms with Gasteiger partial charge < -0.3 is 20.4 Å². The largest absolute Gasteiger partial charge is 0.478 e. The molecule has 0 spiro atoms. The lowest BCUT2D eigenvalue weighted by atomic mass is 9.98. The molecular weight excluding hydrogens is 528 g/mol. The Hall–Kier alpha value is -5.29. The van der Waals surface area contributed by atoms with Crippen molar-refractivity contribution in [3.63, 3.8) is 0 Å². The fourth-order valence-corrected chi connectivity index (χ4v) is 6.38. The molecule has 0 saturated carbocycles. The lowest BCUT2D eigenvalue weighted by Crippen LogP contribution is -2.21. The molecule has 0 unspecified atom stereocenters. The first-order valence-electron chi connectivity index (χ1n) is 11.1. The Labute approximate surface area is 221 Å². The Morgan fingerprint density at radius 1 is 0.462 bits per heavy atom. The molecule has 0 amide bonds. The number of aromatic carboxylic acids is 4. The summed E-state index contributed by atoms with van der Waals surface area (Å²) in [7, 11) is -5.25. The van der Waals surface area contributed by atoms with Crippen molar-refractivity contribution in [1.29, 1.82) is 0 Å². The third kappa shape index (κ3) is 4.74. The third-order valence-electron chi connectivity index (χ3n) is 5.91. The summed E-state index contributed by atoms with van der Waals surface area (Å²) in [6.07, 6.45) is 0. The van der Waals surface area contributed by atoms with Gasteiger partial charge in [0.1, 0.15) is 0 Å². The number of benzene rings is 4. The van der Waals surface area contributed by atoms with E-state index in [4.69, 9.17) is 0 Å². The van der Waals surface area contributed by atoms with Crippen molar-refractivity contribution < 1.29 is 48.0 Å². The smallest absolute Gasteiger partial charge is 0.337 e. The topological polar surface area (TPSA) is 183 Å². The van der Waals surface area contributed by atoms with Gasteiger partial charge >= 0.3 is 23.9 Å². The summed E-state index contributed by atoms with van der Waals surface area (Å²) in [5, 5.41) is 39.5. The average Bonchev–Trinajstić information content (AvgIpc) is 2.92. The molecule has 0 atom stereocenters. The van der Waals surface area contributed by atoms with Crippen LogP contribution in [-0.4, -0.2) is 52.7 Å². The van der Waals surface area contributed by atoms with Gasteiger partial charge in [-0.1, -0.05) is 72.8 Å². The quantitative estimate of drug-likeness (QED) is 0.243. The van der Waals surface area contributed by atoms with Crippen LogP contribution in [0.1, 0.15) is 41.4 Å². The molecular formula is C28H18O10S. The van der Waals surface area contributed by atoms with Crippen LogP contribution in [0.5, 0.6) is 0 Å². The van der Waals surface area contributed by atoms with E-state index in [1.807, 2.05) is 0 Å². The van der Waals surface area contributed by atoms with Crippen molar-refractivity contribution in [2.75, 3.05) is 0 Å². The van der Waals surface area contributed by atoms with Gasteiger partial charge in [-0.15, -0.1) is 0 Å². The first-order valence-corrected chi connectivity index (χ1v) is 12.6. The number of hydrogen-bond acceptors (Lipinski definition) is 6. The predicted molar refractivity (Wildman–Crippen MR) is 137 cm³/mol. The Kier molecular flexibility index (Phi) is 7.02. The van der Waals surface area contributed by atoms with Crippen molar-refractivity contribution in [1.82, 2.24) is 0 Å². The zero-order valence-corrected chi connectivity index (χ0v) is 20.5. The molecule has 0 aromatic heterocycles. The van der Waals surface area contributed by atoms with Crippen LogP contribution in [0.2, 0.25) is 0 Å². The minimum Gasteiger partial charge on any atom is -0.478 e. The normalized spacial score (nSPS) is 11.1. The van der Waals surface area contributed by atoms with Crippen LogP contribution in [0.4, 0.5) is 0 Å². The number of carbonyl (C=O) groups is 4. The summed E-state index contributed by atoms with van der Waals surface area (Å²) < 4.78 is 29.0. The van der Waals surface area contributed by atoms with Crippen LogP contribution in [0.15, 0.2) is 94.7 Å². The van der Waals surface area contributed by atoms with E-state index in [1.165, 1.54) is 24.3 Å². The highest BCUT2D eigenvalue weighted by Crippen LogP contribution is 2.41. The number of hydrogen-bond donors (Lipinski definition) is 4. The lowest BCUT2D eigenvalue weighted by Gasteiger charge is -2.20. The van der Waals surface area contributed by atoms with Crippen LogP contribution >= 0.6 is 0 Å². The van der Waals surface area contributed by atoms with Gasteiger partial charge in [-0.25, -0.2) is 27.6 Å². The monoisotopic (exact) mass is 546 g/mol. The van der Waals surface area contributed by atoms with Crippen LogP contribution < -0.4 is 0 Å². The van der Waals surface area contributed by atoms with E-state index in [9.17, 15) is 48.0 Å². The van der Waals surface area contributed by atoms with E-state index < -0.39 is 65.8 Å². The van der Waals surface area contributed by atoms with Gasteiger partial charge in [-0.2, -0.15) is 0 Å². The summed E-state index contributed by atoms with van der Waals surface area (Å²) in [6.45, 7) is 0. The number of carboxylic acid groups (broad SMARTS) is 4. The second-order valence-corrected chi connectivity index (χ2v) is 10.0. The molecule has 0 aliphatic heterocycles. The maximum atomic E-state index is 14.5. The van der Waals surface area contributed by atoms with Crippen LogP contribution in [0.3, 0.4) is 0 Å². The first-order chi connectivity index (χ1) is 18.5. The third-order valence-corrected chi connectivity index (χ3v) is 7.83. The molecule has 11 heteroatoms. The minimum absolute atomic E-state index is 0.197. The predicted octanol–water partition coefficient (Wildman–Crippen LogP) is 4.65. The zero-order valence-electron chi connectivity index (χ0n) is 19.7. The van der Waals surface area contributed by atoms with E-state index in [0.29, 0.717) is 0 Å². The average molecular weight is 547 g/mol. The van der Waals surface area contributed by atoms with Crippen molar-refractivity contribution >= 4 is 33.7 Å². The molecule has 196 valence electrons. The van der Waals surface area contributed by atoms with E-state index >= 15 is 0 Å². The molecule has 4 aromatic rings. The van der Waals surface area contributed by atoms with E-state index in [-0.39, 0.29) is 22.3 Å². The van der Waals surface area contributed by atoms with E-state index in [1.54, 1.807) is 36.4 Å². The number of sulfone groups is 1. The summed E-state index contributed by atoms with van der Waals surface area (Å²) >= 11 is 0. The molecule has 4 aromatic carbocycles. The number of rotatable bonds is 8. The number of carboxylic acids is 4. The first kappa shape index (κ1) is 26.8. The molecule has 0 aliphatic rings. The zero-order chi connectivity index (χ0) is 28.5. The van der Waals surface area contributed by atoms with Crippen LogP contribution in [-0.2, 0) is 9.84 Å². The molecule has 0 aliphatic carbocycles. The molecule has 0 saturated heterocycles. The standard InChI is InChI=1S/C28H18O10S/c29-25(30)19-13-11-17(15-7-3-1-4-8-15)23(21(19)27(33)34)39(37,38)24-18(16-9-5-2-6-10-16)12-14-20(26(31)32)22(24)28(35)36/h1-14H,(H,29,30)(H,31,32)(H,33,34)(H,35,36). The van der Waals surface area contributed by atoms with Gasteiger partial charge in [0.2, 0.25) is 9.84 Å². The van der Waals surface area contributed by atoms with Crippen LogP contribution in [0, 0.1) is 0 Å². The molecule has 0 heterocycles. The molecule has 0 fully saturated rings. The van der Waals surface area contributed by atoms with Gasteiger partial charge in [-0.3, -0.25) is 0 Å². The summed E-state index contributed by atoms with van der Waals surface area (Å²) in [5.74, 6) is -7.25. The second-order valence-electron chi connectivity index (χ2n) is 8.19. The van der Waals surface area contributed by atoms with Crippen molar-refractivity contribution in [2.24, 2.45) is 0 Å². The summed E-state index contributed by atoms with van der Waals surface area (Å²) in [4.78, 5) is 46.8. The van der Waals surface area contributed by atoms with Gasteiger partial charge in [0, 0.05) is 11.1 Å². The second kappa shape index (κ2) is 10.2. The summed E-state index contributed by atoms with van der Waals surface area (Å²) in [5.41, 5.74) is -3.93. The van der Waals surface area contributed by atoms with Crippen molar-refractivity contribution in [3.8, 4) is 22.3 Å². The van der Waals surface area contributed by atoms with Gasteiger partial charge in [0.15, 0.2) is 0 Å². The van der Waals surface area contributed by atoms with Gasteiger partial charge in [0.05, 0.1) is 32.0 Å². The van der Waals surface area contributed by atoms with Crippen molar-refractivity contribution in [2.45, 2.75) is 9.79 Å². The molecule has 4 rings (SSSR count). The Bertz CT molecular complexity index is 1630. The maximum Gasteiger partial charge on any atom is 0.337 e. The van der Waals surface area contributed by atoms with Gasteiger partial charge in [0.25, 0.3) is 0 Å². The van der Waals surface area contributed by atoms with Crippen LogP contribution in [0.25, 0.3) is 22.3 Å². The van der Waals surface area contributed by atoms with Gasteiger partial charge in [-0.05, 0) is 23.3 Å². The van der Waals surface area contributed by atoms with E-state index in [2.05, 4.69) is 0 Å². The molecule has 0 radical (unpaired) electrons. The molecule has 39 heavy (non-hydrogen) atoms. The summed E-state index contributed by atoms with van der Waals surface area (Å²) in [6, 6.07) is 19.4. The fraction of sp³-hybridized carbons (Fsp3) is 0. The highest BCUT2D eigenvalue weighted by molar-refractivity contribution is 7.92. The van der Waals surface area contributed by atoms with Crippen molar-refractivity contribution in [3.05, 3.63) is 107 Å². The highest BCUT2D eigenvalue weighted by Gasteiger charge is 2.38. The fourth-order valence-electron chi connectivity index (χ4n) is 4.30. The lowest BCUT2D eigenvalue weighted by molar-refractivity contribution is 0.0647. The Morgan fingerprint density at radius 3 is 1.08 bits per heavy atom. The molecule has 4 N–H and O–H groups in total. The minimum atomic E-state index is -5.25. The Balaban J connectivity index is 2.28.